The molecular formula is C91H148N10O39. The molecule has 0 spiro atoms. The third-order valence-electron chi connectivity index (χ3n) is 21.0. The molecule has 11 N–H and O–H groups in total. The predicted octanol–water partition coefficient (Wildman–Crippen LogP) is 0.444. The first-order valence-electron chi connectivity index (χ1n) is 47.5. The number of carbonyl (C=O) groups is 20. The maximum Gasteiger partial charge on any atom is 0.303 e. The summed E-state index contributed by atoms with van der Waals surface area (Å²) < 4.78 is 103. The van der Waals surface area contributed by atoms with E-state index in [2.05, 4.69) is 53.2 Å². The number of hydrogen-bond acceptors (Lipinski definition) is 38. The molecule has 3 saturated heterocycles. The summed E-state index contributed by atoms with van der Waals surface area (Å²) in [5, 5.41) is 36.6. The molecule has 3 heterocycles. The van der Waals surface area contributed by atoms with Crippen LogP contribution in [0.25, 0.3) is 0 Å². The topological polar surface area (TPSA) is 648 Å². The van der Waals surface area contributed by atoms with E-state index in [0.29, 0.717) is 77.0 Å². The van der Waals surface area contributed by atoms with Gasteiger partial charge in [-0.25, -0.2) is 0 Å². The molecule has 796 valence electrons. The van der Waals surface area contributed by atoms with Gasteiger partial charge < -0.3 is 144 Å². The molecule has 49 nitrogen and oxygen atoms in total. The van der Waals surface area contributed by atoms with E-state index < -0.39 is 218 Å². The van der Waals surface area contributed by atoms with Gasteiger partial charge in [0.15, 0.2) is 55.5 Å². The van der Waals surface area contributed by atoms with Crippen LogP contribution in [0.2, 0.25) is 0 Å². The molecule has 3 aliphatic heterocycles. The Bertz CT molecular complexity index is 3570. The van der Waals surface area contributed by atoms with E-state index >= 15 is 0 Å². The molecule has 49 heteroatoms. The van der Waals surface area contributed by atoms with E-state index in [0.717, 1.165) is 94.4 Å². The van der Waals surface area contributed by atoms with Gasteiger partial charge in [-0.3, -0.25) is 95.9 Å². The fourth-order valence-corrected chi connectivity index (χ4v) is 14.7. The number of rotatable bonds is 72. The Kier molecular flexibility index (Phi) is 62.2. The Morgan fingerprint density at radius 2 is 0.486 bits per heavy atom. The van der Waals surface area contributed by atoms with Crippen LogP contribution in [-0.4, -0.2) is 340 Å². The van der Waals surface area contributed by atoms with Gasteiger partial charge in [-0.05, 0) is 70.6 Å². The molecule has 140 heavy (non-hydrogen) atoms. The number of esters is 9. The average Bonchev–Trinajstić information content (AvgIpc) is 0.793. The Labute approximate surface area is 814 Å². The Balaban J connectivity index is 1.67. The summed E-state index contributed by atoms with van der Waals surface area (Å²) >= 11 is 0. The molecule has 15 atom stereocenters. The predicted molar refractivity (Wildman–Crippen MR) is 484 cm³/mol. The lowest BCUT2D eigenvalue weighted by Gasteiger charge is -2.44. The van der Waals surface area contributed by atoms with Crippen molar-refractivity contribution in [2.75, 3.05) is 119 Å². The number of unbranched alkanes of at least 4 members (excludes halogenated alkanes) is 10. The van der Waals surface area contributed by atoms with Crippen LogP contribution in [0.3, 0.4) is 0 Å². The maximum absolute atomic E-state index is 14.1. The minimum atomic E-state index is -1.49. The summed E-state index contributed by atoms with van der Waals surface area (Å²) in [5.74, 6) is -11.8. The first-order chi connectivity index (χ1) is 66.6. The van der Waals surface area contributed by atoms with E-state index in [1.165, 1.54) is 20.8 Å². The van der Waals surface area contributed by atoms with E-state index in [4.69, 9.17) is 90.4 Å². The van der Waals surface area contributed by atoms with Crippen molar-refractivity contribution < 1.29 is 186 Å². The molecule has 0 unspecified atom stereocenters. The number of ether oxygens (including phenoxy) is 18. The van der Waals surface area contributed by atoms with Crippen LogP contribution in [-0.2, 0) is 181 Å². The van der Waals surface area contributed by atoms with Crippen molar-refractivity contribution in [2.45, 2.75) is 341 Å². The molecule has 0 aliphatic carbocycles. The Hall–Kier alpha value is -11.0. The van der Waals surface area contributed by atoms with E-state index in [1.807, 2.05) is 0 Å². The maximum atomic E-state index is 14.1. The van der Waals surface area contributed by atoms with E-state index in [1.54, 1.807) is 0 Å². The Morgan fingerprint density at radius 1 is 0.257 bits per heavy atom. The van der Waals surface area contributed by atoms with Crippen LogP contribution in [0.1, 0.15) is 244 Å². The monoisotopic (exact) mass is 2000 g/mol. The summed E-state index contributed by atoms with van der Waals surface area (Å²) in [7, 11) is 0. The number of amides is 10. The molecular weight excluding hydrogens is 1860 g/mol. The second-order valence-corrected chi connectivity index (χ2v) is 33.8. The van der Waals surface area contributed by atoms with Crippen LogP contribution in [0, 0.1) is 0 Å². The third-order valence-corrected chi connectivity index (χ3v) is 21.0. The van der Waals surface area contributed by atoms with Gasteiger partial charge in [0, 0.05) is 194 Å². The van der Waals surface area contributed by atoms with Gasteiger partial charge in [-0.15, -0.1) is 0 Å². The lowest BCUT2D eigenvalue weighted by Crippen LogP contribution is -2.66. The third kappa shape index (κ3) is 55.9. The van der Waals surface area contributed by atoms with Gasteiger partial charge in [0.25, 0.3) is 0 Å². The summed E-state index contributed by atoms with van der Waals surface area (Å²) in [5.41, 5.74) is -1.49. The van der Waals surface area contributed by atoms with Crippen molar-refractivity contribution in [2.24, 2.45) is 0 Å². The highest BCUT2D eigenvalue weighted by Crippen LogP contribution is 2.32. The normalized spacial score (nSPS) is 20.8. The zero-order valence-electron chi connectivity index (χ0n) is 82.5. The van der Waals surface area contributed by atoms with E-state index in [9.17, 15) is 95.9 Å². The van der Waals surface area contributed by atoms with Crippen molar-refractivity contribution in [3.63, 3.8) is 0 Å². The van der Waals surface area contributed by atoms with Crippen molar-refractivity contribution in [1.29, 1.82) is 0 Å². The zero-order valence-corrected chi connectivity index (χ0v) is 82.5. The number of aliphatic carboxylic acids is 1. The first-order valence-corrected chi connectivity index (χ1v) is 47.5. The highest BCUT2D eigenvalue weighted by atomic mass is 16.7. The van der Waals surface area contributed by atoms with Gasteiger partial charge in [-0.2, -0.15) is 0 Å². The second-order valence-electron chi connectivity index (χ2n) is 33.8. The minimum Gasteiger partial charge on any atom is -0.481 e. The fraction of sp³-hybridized carbons (Fsp3) is 0.780. The summed E-state index contributed by atoms with van der Waals surface area (Å²) in [6.07, 6.45) is -6.54. The average molecular weight is 2010 g/mol. The molecule has 3 rings (SSSR count). The number of carboxylic acids is 1. The minimum absolute atomic E-state index is 0.0172. The highest BCUT2D eigenvalue weighted by molar-refractivity contribution is 5.80. The number of carbonyl (C=O) groups excluding carboxylic acids is 19. The molecule has 10 amide bonds. The second kappa shape index (κ2) is 70.6. The largest absolute Gasteiger partial charge is 0.481 e. The fourth-order valence-electron chi connectivity index (χ4n) is 14.7. The molecule has 0 radical (unpaired) electrons. The molecule has 0 aromatic rings. The van der Waals surface area contributed by atoms with Crippen LogP contribution in [0.5, 0.6) is 0 Å². The lowest BCUT2D eigenvalue weighted by atomic mass is 9.96. The van der Waals surface area contributed by atoms with Crippen molar-refractivity contribution in [1.82, 2.24) is 53.2 Å². The molecule has 3 fully saturated rings. The summed E-state index contributed by atoms with van der Waals surface area (Å²) in [4.78, 5) is 249. The standard InChI is InChI=1S/C91H148N10O39/c1-56(102)98-79-85(135-65(10)111)82(132-62(7)108)68(50-129-59(4)105)138-88(79)126-44-24-21-30-71(114)92-38-27-41-95-74(117)35-47-123-53-91(101-77(120)33-19-17-15-13-14-16-18-20-34-78(121)122,54-124-48-36-75(118)96-42-28-39-93-72(115)31-22-25-45-127-89-80(99-57(2)103)86(136-66(11)112)83(133-63(8)109)69(139-89)51-130-60(5)106)55-125-49-37-76(119)97-43-29-40-94-73(116)32-23-26-46-128-90-81(100-58(3)104)87(137-67(12)113)84(134-64(9)110)70(140-90)52-131-61(6)107/h68-70,79-90H,13-55H2,1-12H3,(H,92,114)(H,93,115)(H,94,116)(H,95,117)(H,96,118)(H,97,119)(H,98,102)(H,99,103)(H,100,104)(H,101,120)(H,121,122)/t68-,69-,70-,79-,80-,81-,82+,83+,84+,85-,86-,87-,88-,89-,90-/m1/s1. The van der Waals surface area contributed by atoms with Crippen molar-refractivity contribution in [3.8, 4) is 0 Å². The lowest BCUT2D eigenvalue weighted by molar-refractivity contribution is -0.277. The van der Waals surface area contributed by atoms with Crippen LogP contribution in [0.4, 0.5) is 0 Å². The summed E-state index contributed by atoms with van der Waals surface area (Å²) in [6.45, 7) is 12.0. The molecule has 3 aliphatic rings. The van der Waals surface area contributed by atoms with Gasteiger partial charge in [0.05, 0.1) is 39.6 Å². The molecule has 0 bridgehead atoms. The van der Waals surface area contributed by atoms with Gasteiger partial charge in [0.1, 0.15) is 61.8 Å². The van der Waals surface area contributed by atoms with Gasteiger partial charge in [-0.1, -0.05) is 38.5 Å². The van der Waals surface area contributed by atoms with Crippen LogP contribution in [0.15, 0.2) is 0 Å². The first kappa shape index (κ1) is 123. The molecule has 0 aromatic carbocycles. The van der Waals surface area contributed by atoms with Crippen LogP contribution >= 0.6 is 0 Å². The quantitative estimate of drug-likeness (QED) is 0.0224. The van der Waals surface area contributed by atoms with Gasteiger partial charge >= 0.3 is 59.7 Å². The zero-order chi connectivity index (χ0) is 104. The summed E-state index contributed by atoms with van der Waals surface area (Å²) in [6, 6.07) is -3.53. The molecule has 0 saturated carbocycles. The van der Waals surface area contributed by atoms with E-state index in [-0.39, 0.29) is 168 Å². The molecule has 0 aromatic heterocycles. The number of carboxylic acid groups (broad SMARTS) is 1. The van der Waals surface area contributed by atoms with Gasteiger partial charge in [0.2, 0.25) is 59.1 Å². The number of nitrogens with one attached hydrogen (secondary N) is 10. The highest BCUT2D eigenvalue weighted by Gasteiger charge is 2.55. The number of hydrogen-bond donors (Lipinski definition) is 11. The van der Waals surface area contributed by atoms with Crippen molar-refractivity contribution in [3.05, 3.63) is 0 Å². The Morgan fingerprint density at radius 3 is 0.729 bits per heavy atom. The smallest absolute Gasteiger partial charge is 0.303 e. The van der Waals surface area contributed by atoms with Crippen LogP contribution < -0.4 is 53.2 Å². The SMILES string of the molecule is CC(=O)N[C@H]1[C@H](OCCCCC(=O)NCCCNC(=O)CCOCC(COCCC(=O)NCCCNC(=O)CCCCO[C@@H]2O[C@H](COC(C)=O)[C@H](OC(C)=O)[C@H](OC(C)=O)[C@H]2NC(C)=O)(COCCC(=O)NCCCNC(=O)CCCCO[C@@H]2O[C@H](COC(C)=O)[C@H](OC(C)=O)[C@H](OC(C)=O)[C@H]2NC(C)=O)NC(=O)CCCCCCCCCCC(=O)O)O[C@H](COC(C)=O)[C@H](OC(C)=O)[C@@H]1OC(C)=O. The van der Waals surface area contributed by atoms with Crippen molar-refractivity contribution >= 4 is 119 Å².